The molecule has 0 fully saturated rings. The molecule has 0 bridgehead atoms. The fourth-order valence-corrected chi connectivity index (χ4v) is 2.26. The Morgan fingerprint density at radius 3 is 2.63 bits per heavy atom. The summed E-state index contributed by atoms with van der Waals surface area (Å²) in [7, 11) is -3.13. The number of benzene rings is 1. The Kier molecular flexibility index (Phi) is 6.44. The molecule has 1 aromatic carbocycles. The van der Waals surface area contributed by atoms with Gasteiger partial charge < -0.3 is 10.4 Å². The number of aliphatic hydroxyl groups excluding tert-OH is 1. The van der Waals surface area contributed by atoms with E-state index in [1.54, 1.807) is 6.92 Å². The molecule has 0 unspecified atom stereocenters. The summed E-state index contributed by atoms with van der Waals surface area (Å²) in [6, 6.07) is 7.69. The van der Waals surface area contributed by atoms with Crippen molar-refractivity contribution < 1.29 is 13.5 Å². The highest BCUT2D eigenvalue weighted by molar-refractivity contribution is 7.89. The van der Waals surface area contributed by atoms with E-state index in [4.69, 9.17) is 5.11 Å². The Labute approximate surface area is 115 Å². The fourth-order valence-electron chi connectivity index (χ4n) is 1.56. The topological polar surface area (TPSA) is 78.4 Å². The van der Waals surface area contributed by atoms with Gasteiger partial charge in [-0.25, -0.2) is 13.1 Å². The molecule has 6 heteroatoms. The van der Waals surface area contributed by atoms with Gasteiger partial charge in [0, 0.05) is 19.1 Å². The Morgan fingerprint density at radius 1 is 1.32 bits per heavy atom. The van der Waals surface area contributed by atoms with Crippen LogP contribution in [0.3, 0.4) is 0 Å². The Bertz CT molecular complexity index is 488. The minimum atomic E-state index is -3.13. The van der Waals surface area contributed by atoms with Crippen LogP contribution in [0.15, 0.2) is 24.3 Å². The van der Waals surface area contributed by atoms with Gasteiger partial charge in [0.15, 0.2) is 0 Å². The van der Waals surface area contributed by atoms with Gasteiger partial charge in [0.2, 0.25) is 10.0 Å². The van der Waals surface area contributed by atoms with Crippen LogP contribution in [-0.4, -0.2) is 31.9 Å². The van der Waals surface area contributed by atoms with E-state index in [-0.39, 0.29) is 18.4 Å². The molecule has 5 nitrogen and oxygen atoms in total. The lowest BCUT2D eigenvalue weighted by Gasteiger charge is -2.14. The van der Waals surface area contributed by atoms with Crippen LogP contribution < -0.4 is 10.0 Å². The van der Waals surface area contributed by atoms with E-state index < -0.39 is 10.0 Å². The summed E-state index contributed by atoms with van der Waals surface area (Å²) in [6.07, 6.45) is 0. The van der Waals surface area contributed by atoms with E-state index >= 15 is 0 Å². The van der Waals surface area contributed by atoms with Crippen molar-refractivity contribution in [1.82, 2.24) is 10.0 Å². The van der Waals surface area contributed by atoms with Gasteiger partial charge in [-0.1, -0.05) is 24.3 Å². The van der Waals surface area contributed by atoms with Gasteiger partial charge in [0.1, 0.15) is 0 Å². The van der Waals surface area contributed by atoms with Gasteiger partial charge in [-0.15, -0.1) is 0 Å². The summed E-state index contributed by atoms with van der Waals surface area (Å²) in [5.41, 5.74) is 1.94. The zero-order valence-electron chi connectivity index (χ0n) is 11.4. The van der Waals surface area contributed by atoms with Gasteiger partial charge in [-0.2, -0.15) is 0 Å². The lowest BCUT2D eigenvalue weighted by atomic mass is 10.1. The van der Waals surface area contributed by atoms with Crippen LogP contribution in [0.5, 0.6) is 0 Å². The largest absolute Gasteiger partial charge is 0.392 e. The smallest absolute Gasteiger partial charge is 0.211 e. The molecule has 3 N–H and O–H groups in total. The lowest BCUT2D eigenvalue weighted by Crippen LogP contribution is -2.39. The highest BCUT2D eigenvalue weighted by Gasteiger charge is 2.08. The monoisotopic (exact) mass is 286 g/mol. The average molecular weight is 286 g/mol. The van der Waals surface area contributed by atoms with Crippen LogP contribution in [0.25, 0.3) is 0 Å². The molecule has 0 aliphatic carbocycles. The first-order chi connectivity index (χ1) is 8.96. The van der Waals surface area contributed by atoms with Crippen molar-refractivity contribution in [3.8, 4) is 0 Å². The van der Waals surface area contributed by atoms with E-state index in [9.17, 15) is 8.42 Å². The number of hydrogen-bond donors (Lipinski definition) is 3. The van der Waals surface area contributed by atoms with Crippen LogP contribution in [0.1, 0.15) is 25.0 Å². The molecule has 1 rings (SSSR count). The van der Waals surface area contributed by atoms with Crippen molar-refractivity contribution in [2.75, 3.05) is 12.3 Å². The third-order valence-electron chi connectivity index (χ3n) is 2.82. The van der Waals surface area contributed by atoms with E-state index in [0.29, 0.717) is 13.1 Å². The summed E-state index contributed by atoms with van der Waals surface area (Å²) < 4.78 is 25.1. The molecule has 0 aromatic heterocycles. The summed E-state index contributed by atoms with van der Waals surface area (Å²) in [5, 5.41) is 12.3. The molecule has 0 radical (unpaired) electrons. The molecule has 0 spiro atoms. The summed E-state index contributed by atoms with van der Waals surface area (Å²) in [5.74, 6) is 0.0955. The fraction of sp³-hybridized carbons (Fsp3) is 0.538. The van der Waals surface area contributed by atoms with Crippen LogP contribution in [0.2, 0.25) is 0 Å². The molecule has 1 atom stereocenters. The molecule has 0 aliphatic rings. The zero-order valence-corrected chi connectivity index (χ0v) is 12.2. The molecule has 0 saturated heterocycles. The van der Waals surface area contributed by atoms with Gasteiger partial charge >= 0.3 is 0 Å². The van der Waals surface area contributed by atoms with Crippen LogP contribution in [-0.2, 0) is 23.2 Å². The molecule has 1 aromatic rings. The second-order valence-corrected chi connectivity index (χ2v) is 6.61. The number of rotatable bonds is 8. The summed E-state index contributed by atoms with van der Waals surface area (Å²) in [6.45, 7) is 4.58. The first-order valence-corrected chi connectivity index (χ1v) is 8.01. The maximum absolute atomic E-state index is 11.3. The molecule has 0 amide bonds. The highest BCUT2D eigenvalue weighted by Crippen LogP contribution is 2.05. The van der Waals surface area contributed by atoms with Crippen LogP contribution in [0, 0.1) is 0 Å². The molecule has 19 heavy (non-hydrogen) atoms. The first kappa shape index (κ1) is 16.1. The molecule has 108 valence electrons. The standard InChI is InChI=1S/C13H22N2O3S/c1-3-19(17,18)15-8-11(2)14-9-12-5-4-6-13(7-12)10-16/h4-7,11,14-16H,3,8-10H2,1-2H3/t11-/m1/s1. The second kappa shape index (κ2) is 7.59. The van der Waals surface area contributed by atoms with E-state index in [0.717, 1.165) is 11.1 Å². The Hall–Kier alpha value is -0.950. The number of nitrogens with one attached hydrogen (secondary N) is 2. The molecular weight excluding hydrogens is 264 g/mol. The predicted molar refractivity (Wildman–Crippen MR) is 76.1 cm³/mol. The molecule has 0 aliphatic heterocycles. The Balaban J connectivity index is 2.39. The van der Waals surface area contributed by atoms with E-state index in [2.05, 4.69) is 10.0 Å². The van der Waals surface area contributed by atoms with Crippen molar-refractivity contribution in [1.29, 1.82) is 0 Å². The molecule has 0 heterocycles. The van der Waals surface area contributed by atoms with Crippen molar-refractivity contribution in [3.05, 3.63) is 35.4 Å². The van der Waals surface area contributed by atoms with Gasteiger partial charge in [0.05, 0.1) is 12.4 Å². The second-order valence-electron chi connectivity index (χ2n) is 4.51. The van der Waals surface area contributed by atoms with Gasteiger partial charge in [-0.05, 0) is 25.0 Å². The van der Waals surface area contributed by atoms with Gasteiger partial charge in [0.25, 0.3) is 0 Å². The maximum atomic E-state index is 11.3. The Morgan fingerprint density at radius 2 is 2.00 bits per heavy atom. The first-order valence-electron chi connectivity index (χ1n) is 6.36. The molecular formula is C13H22N2O3S. The number of sulfonamides is 1. The van der Waals surface area contributed by atoms with Gasteiger partial charge in [-0.3, -0.25) is 0 Å². The molecule has 0 saturated carbocycles. The van der Waals surface area contributed by atoms with Crippen LogP contribution >= 0.6 is 0 Å². The van der Waals surface area contributed by atoms with E-state index in [1.165, 1.54) is 0 Å². The van der Waals surface area contributed by atoms with Crippen LogP contribution in [0.4, 0.5) is 0 Å². The predicted octanol–water partition coefficient (Wildman–Crippen LogP) is 0.596. The SMILES string of the molecule is CCS(=O)(=O)NC[C@@H](C)NCc1cccc(CO)c1. The number of aliphatic hydroxyl groups is 1. The third-order valence-corrected chi connectivity index (χ3v) is 4.18. The highest BCUT2D eigenvalue weighted by atomic mass is 32.2. The van der Waals surface area contributed by atoms with Crippen molar-refractivity contribution in [2.45, 2.75) is 33.0 Å². The average Bonchev–Trinajstić information content (AvgIpc) is 2.43. The summed E-state index contributed by atoms with van der Waals surface area (Å²) >= 11 is 0. The minimum Gasteiger partial charge on any atom is -0.392 e. The normalized spacial score (nSPS) is 13.4. The van der Waals surface area contributed by atoms with Crippen molar-refractivity contribution in [3.63, 3.8) is 0 Å². The number of hydrogen-bond acceptors (Lipinski definition) is 4. The lowest BCUT2D eigenvalue weighted by molar-refractivity contribution is 0.281. The third kappa shape index (κ3) is 6.15. The van der Waals surface area contributed by atoms with Crippen molar-refractivity contribution >= 4 is 10.0 Å². The quantitative estimate of drug-likeness (QED) is 0.654. The van der Waals surface area contributed by atoms with Crippen molar-refractivity contribution in [2.24, 2.45) is 0 Å². The zero-order chi connectivity index (χ0) is 14.3. The summed E-state index contributed by atoms with van der Waals surface area (Å²) in [4.78, 5) is 0. The van der Waals surface area contributed by atoms with E-state index in [1.807, 2.05) is 31.2 Å². The minimum absolute atomic E-state index is 0.0275. The maximum Gasteiger partial charge on any atom is 0.211 e.